The van der Waals surface area contributed by atoms with E-state index in [-0.39, 0.29) is 0 Å². The molecule has 0 aromatic rings. The van der Waals surface area contributed by atoms with Gasteiger partial charge in [0.1, 0.15) is 0 Å². The minimum absolute atomic E-state index is 0.839. The maximum atomic E-state index is 2.60. The Bertz CT molecular complexity index is 182. The predicted octanol–water partition coefficient (Wildman–Crippen LogP) is 3.15. The second-order valence-electron chi connectivity index (χ2n) is 5.79. The molecule has 2 rings (SSSR count). The van der Waals surface area contributed by atoms with Crippen LogP contribution in [0.15, 0.2) is 0 Å². The summed E-state index contributed by atoms with van der Waals surface area (Å²) in [6.45, 7) is 6.11. The number of likely N-dealkylation sites (tertiary alicyclic amines) is 1. The Kier molecular flexibility index (Phi) is 3.16. The van der Waals surface area contributed by atoms with E-state index in [1.165, 1.54) is 38.6 Å². The SMILES string of the molecule is CC(C)C1C[C@@H](C2CCCC2)CN1C. The van der Waals surface area contributed by atoms with Gasteiger partial charge in [0.05, 0.1) is 0 Å². The highest BCUT2D eigenvalue weighted by atomic mass is 15.2. The van der Waals surface area contributed by atoms with Crippen LogP contribution in [0.3, 0.4) is 0 Å². The lowest BCUT2D eigenvalue weighted by molar-refractivity contribution is 0.248. The van der Waals surface area contributed by atoms with E-state index >= 15 is 0 Å². The van der Waals surface area contributed by atoms with E-state index in [4.69, 9.17) is 0 Å². The monoisotopic (exact) mass is 195 g/mol. The lowest BCUT2D eigenvalue weighted by atomic mass is 9.87. The van der Waals surface area contributed by atoms with Crippen LogP contribution >= 0.6 is 0 Å². The van der Waals surface area contributed by atoms with Crippen molar-refractivity contribution in [3.8, 4) is 0 Å². The minimum Gasteiger partial charge on any atom is -0.303 e. The lowest BCUT2D eigenvalue weighted by Crippen LogP contribution is -2.29. The Labute approximate surface area is 88.9 Å². The zero-order valence-corrected chi connectivity index (χ0v) is 10.00. The fourth-order valence-electron chi connectivity index (χ4n) is 3.62. The molecule has 1 aliphatic heterocycles. The van der Waals surface area contributed by atoms with Crippen LogP contribution in [-0.2, 0) is 0 Å². The molecule has 0 spiro atoms. The van der Waals surface area contributed by atoms with Gasteiger partial charge in [0, 0.05) is 12.6 Å². The van der Waals surface area contributed by atoms with Gasteiger partial charge in [-0.15, -0.1) is 0 Å². The Balaban J connectivity index is 1.91. The van der Waals surface area contributed by atoms with E-state index < -0.39 is 0 Å². The molecule has 0 aromatic carbocycles. The average molecular weight is 195 g/mol. The van der Waals surface area contributed by atoms with Gasteiger partial charge in [0.25, 0.3) is 0 Å². The van der Waals surface area contributed by atoms with E-state index in [9.17, 15) is 0 Å². The maximum Gasteiger partial charge on any atom is 0.0118 e. The highest BCUT2D eigenvalue weighted by Gasteiger charge is 2.36. The topological polar surface area (TPSA) is 3.24 Å². The molecule has 1 saturated heterocycles. The van der Waals surface area contributed by atoms with Crippen LogP contribution in [0.5, 0.6) is 0 Å². The average Bonchev–Trinajstić information content (AvgIpc) is 2.70. The molecule has 14 heavy (non-hydrogen) atoms. The van der Waals surface area contributed by atoms with Gasteiger partial charge in [-0.1, -0.05) is 39.5 Å². The fraction of sp³-hybridized carbons (Fsp3) is 1.00. The molecule has 2 aliphatic rings. The first-order valence-electron chi connectivity index (χ1n) is 6.38. The largest absolute Gasteiger partial charge is 0.303 e. The minimum atomic E-state index is 0.839. The van der Waals surface area contributed by atoms with Gasteiger partial charge in [-0.05, 0) is 31.2 Å². The summed E-state index contributed by atoms with van der Waals surface area (Å²) < 4.78 is 0. The highest BCUT2D eigenvalue weighted by molar-refractivity contribution is 4.89. The summed E-state index contributed by atoms with van der Waals surface area (Å²) in [6, 6.07) is 0.862. The molecule has 1 heterocycles. The third kappa shape index (κ3) is 1.98. The summed E-state index contributed by atoms with van der Waals surface area (Å²) >= 11 is 0. The molecule has 1 nitrogen and oxygen atoms in total. The quantitative estimate of drug-likeness (QED) is 0.654. The van der Waals surface area contributed by atoms with Crippen molar-refractivity contribution >= 4 is 0 Å². The van der Waals surface area contributed by atoms with Gasteiger partial charge in [-0.2, -0.15) is 0 Å². The molecule has 2 atom stereocenters. The first-order valence-corrected chi connectivity index (χ1v) is 6.38. The number of nitrogens with zero attached hydrogens (tertiary/aromatic N) is 1. The molecule has 0 N–H and O–H groups in total. The smallest absolute Gasteiger partial charge is 0.0118 e. The van der Waals surface area contributed by atoms with Crippen molar-refractivity contribution in [3.63, 3.8) is 0 Å². The van der Waals surface area contributed by atoms with Gasteiger partial charge in [-0.25, -0.2) is 0 Å². The molecule has 0 bridgehead atoms. The van der Waals surface area contributed by atoms with Crippen LogP contribution in [-0.4, -0.2) is 24.5 Å². The zero-order valence-electron chi connectivity index (χ0n) is 10.00. The molecule has 2 fully saturated rings. The van der Waals surface area contributed by atoms with Gasteiger partial charge in [0.2, 0.25) is 0 Å². The van der Waals surface area contributed by atoms with Crippen molar-refractivity contribution in [1.29, 1.82) is 0 Å². The second kappa shape index (κ2) is 4.22. The van der Waals surface area contributed by atoms with Crippen LogP contribution in [0.1, 0.15) is 46.0 Å². The first kappa shape index (κ1) is 10.5. The number of rotatable bonds is 2. The zero-order chi connectivity index (χ0) is 10.1. The van der Waals surface area contributed by atoms with Crippen molar-refractivity contribution < 1.29 is 0 Å². The Morgan fingerprint density at radius 3 is 2.21 bits per heavy atom. The third-order valence-electron chi connectivity index (χ3n) is 4.47. The van der Waals surface area contributed by atoms with Crippen molar-refractivity contribution in [1.82, 2.24) is 4.90 Å². The normalized spacial score (nSPS) is 36.0. The second-order valence-corrected chi connectivity index (χ2v) is 5.79. The molecular formula is C13H25N. The van der Waals surface area contributed by atoms with Crippen molar-refractivity contribution in [2.24, 2.45) is 17.8 Å². The van der Waals surface area contributed by atoms with E-state index in [1.54, 1.807) is 0 Å². The Morgan fingerprint density at radius 2 is 1.71 bits per heavy atom. The maximum absolute atomic E-state index is 2.60. The molecule has 1 heteroatoms. The summed E-state index contributed by atoms with van der Waals surface area (Å²) in [5, 5.41) is 0. The summed E-state index contributed by atoms with van der Waals surface area (Å²) in [4.78, 5) is 2.60. The van der Waals surface area contributed by atoms with E-state index in [1.807, 2.05) is 0 Å². The molecule has 1 unspecified atom stereocenters. The molecule has 1 saturated carbocycles. The van der Waals surface area contributed by atoms with Gasteiger partial charge in [0.15, 0.2) is 0 Å². The first-order chi connectivity index (χ1) is 6.68. The molecular weight excluding hydrogens is 170 g/mol. The molecule has 0 radical (unpaired) electrons. The van der Waals surface area contributed by atoms with Gasteiger partial charge < -0.3 is 4.90 Å². The van der Waals surface area contributed by atoms with E-state index in [0.717, 1.165) is 23.8 Å². The van der Waals surface area contributed by atoms with E-state index in [2.05, 4.69) is 25.8 Å². The van der Waals surface area contributed by atoms with Crippen LogP contribution < -0.4 is 0 Å². The Morgan fingerprint density at radius 1 is 1.07 bits per heavy atom. The van der Waals surface area contributed by atoms with E-state index in [0.29, 0.717) is 0 Å². The Hall–Kier alpha value is -0.0400. The summed E-state index contributed by atoms with van der Waals surface area (Å²) in [5.74, 6) is 2.93. The van der Waals surface area contributed by atoms with Gasteiger partial charge >= 0.3 is 0 Å². The summed E-state index contributed by atoms with van der Waals surface area (Å²) in [6.07, 6.45) is 7.50. The molecule has 1 aliphatic carbocycles. The van der Waals surface area contributed by atoms with Crippen LogP contribution in [0.25, 0.3) is 0 Å². The highest BCUT2D eigenvalue weighted by Crippen LogP contribution is 2.39. The number of hydrogen-bond acceptors (Lipinski definition) is 1. The number of hydrogen-bond donors (Lipinski definition) is 0. The van der Waals surface area contributed by atoms with Crippen LogP contribution in [0.4, 0.5) is 0 Å². The predicted molar refractivity (Wildman–Crippen MR) is 61.3 cm³/mol. The molecule has 0 aromatic heterocycles. The fourth-order valence-corrected chi connectivity index (χ4v) is 3.62. The molecule has 0 amide bonds. The summed E-state index contributed by atoms with van der Waals surface area (Å²) in [7, 11) is 2.32. The standard InChI is InChI=1S/C13H25N/c1-10(2)13-8-12(9-14(13)3)11-6-4-5-7-11/h10-13H,4-9H2,1-3H3/t12-,13?/m1/s1. The van der Waals surface area contributed by atoms with Gasteiger partial charge in [-0.3, -0.25) is 0 Å². The molecule has 82 valence electrons. The lowest BCUT2D eigenvalue weighted by Gasteiger charge is -2.22. The van der Waals surface area contributed by atoms with Crippen molar-refractivity contribution in [3.05, 3.63) is 0 Å². The third-order valence-corrected chi connectivity index (χ3v) is 4.47. The van der Waals surface area contributed by atoms with Crippen LogP contribution in [0, 0.1) is 17.8 Å². The van der Waals surface area contributed by atoms with Crippen LogP contribution in [0.2, 0.25) is 0 Å². The van der Waals surface area contributed by atoms with Crippen molar-refractivity contribution in [2.75, 3.05) is 13.6 Å². The summed E-state index contributed by atoms with van der Waals surface area (Å²) in [5.41, 5.74) is 0. The van der Waals surface area contributed by atoms with Crippen molar-refractivity contribution in [2.45, 2.75) is 52.0 Å².